The molecular formula is C10H9O. The molecule has 1 aliphatic rings. The minimum absolute atomic E-state index is 0.134. The SMILES string of the molecule is C=CCC1C=CC=[C]C1=C=O. The van der Waals surface area contributed by atoms with Gasteiger partial charge in [0, 0.05) is 5.92 Å². The van der Waals surface area contributed by atoms with E-state index in [0.717, 1.165) is 6.42 Å². The second kappa shape index (κ2) is 3.75. The average Bonchev–Trinajstić information content (AvgIpc) is 2.06. The van der Waals surface area contributed by atoms with Crippen molar-refractivity contribution in [3.63, 3.8) is 0 Å². The zero-order chi connectivity index (χ0) is 8.10. The first-order valence-electron chi connectivity index (χ1n) is 3.51. The first kappa shape index (κ1) is 7.77. The molecule has 0 spiro atoms. The van der Waals surface area contributed by atoms with Gasteiger partial charge in [0.2, 0.25) is 0 Å². The Balaban J connectivity index is 2.79. The molecule has 0 N–H and O–H groups in total. The highest BCUT2D eigenvalue weighted by molar-refractivity contribution is 5.58. The Morgan fingerprint density at radius 1 is 1.82 bits per heavy atom. The molecule has 55 valence electrons. The van der Waals surface area contributed by atoms with Gasteiger partial charge in [-0.1, -0.05) is 24.3 Å². The van der Waals surface area contributed by atoms with Crippen molar-refractivity contribution in [3.8, 4) is 0 Å². The lowest BCUT2D eigenvalue weighted by atomic mass is 9.93. The van der Waals surface area contributed by atoms with E-state index >= 15 is 0 Å². The summed E-state index contributed by atoms with van der Waals surface area (Å²) < 4.78 is 0. The third-order valence-electron chi connectivity index (χ3n) is 1.58. The van der Waals surface area contributed by atoms with Crippen LogP contribution in [0.2, 0.25) is 0 Å². The molecule has 0 fully saturated rings. The normalized spacial score (nSPS) is 21.5. The van der Waals surface area contributed by atoms with Crippen LogP contribution in [0, 0.1) is 12.0 Å². The van der Waals surface area contributed by atoms with E-state index in [1.807, 2.05) is 18.1 Å². The van der Waals surface area contributed by atoms with Gasteiger partial charge in [-0.25, -0.2) is 4.79 Å². The summed E-state index contributed by atoms with van der Waals surface area (Å²) in [6.07, 6.45) is 11.0. The van der Waals surface area contributed by atoms with Crippen LogP contribution in [0.4, 0.5) is 0 Å². The van der Waals surface area contributed by atoms with E-state index in [1.165, 1.54) is 0 Å². The van der Waals surface area contributed by atoms with E-state index in [9.17, 15) is 4.79 Å². The quantitative estimate of drug-likeness (QED) is 0.428. The van der Waals surface area contributed by atoms with E-state index in [0.29, 0.717) is 5.57 Å². The van der Waals surface area contributed by atoms with Crippen LogP contribution in [0.15, 0.2) is 36.5 Å². The highest BCUT2D eigenvalue weighted by atomic mass is 16.1. The Labute approximate surface area is 66.4 Å². The second-order valence-electron chi connectivity index (χ2n) is 2.34. The summed E-state index contributed by atoms with van der Waals surface area (Å²) in [5, 5.41) is 0. The summed E-state index contributed by atoms with van der Waals surface area (Å²) in [6, 6.07) is 0. The molecule has 0 amide bonds. The zero-order valence-electron chi connectivity index (χ0n) is 6.21. The largest absolute Gasteiger partial charge is 0.233 e. The molecule has 0 saturated carbocycles. The van der Waals surface area contributed by atoms with Crippen LogP contribution >= 0.6 is 0 Å². The summed E-state index contributed by atoms with van der Waals surface area (Å²) in [4.78, 5) is 10.3. The molecule has 1 atom stereocenters. The molecule has 1 aliphatic carbocycles. The zero-order valence-corrected chi connectivity index (χ0v) is 6.21. The molecule has 0 bridgehead atoms. The van der Waals surface area contributed by atoms with Gasteiger partial charge in [0.05, 0.1) is 5.57 Å². The topological polar surface area (TPSA) is 17.1 Å². The fraction of sp³-hybridized carbons (Fsp3) is 0.200. The minimum atomic E-state index is 0.134. The first-order chi connectivity index (χ1) is 5.38. The number of hydrogen-bond acceptors (Lipinski definition) is 1. The molecule has 1 radical (unpaired) electrons. The molecule has 0 aromatic rings. The van der Waals surface area contributed by atoms with Gasteiger partial charge < -0.3 is 0 Å². The van der Waals surface area contributed by atoms with Crippen molar-refractivity contribution < 1.29 is 4.79 Å². The van der Waals surface area contributed by atoms with Crippen LogP contribution in [0.3, 0.4) is 0 Å². The van der Waals surface area contributed by atoms with Gasteiger partial charge in [-0.05, 0) is 12.5 Å². The third-order valence-corrected chi connectivity index (χ3v) is 1.58. The third kappa shape index (κ3) is 1.79. The summed E-state index contributed by atoms with van der Waals surface area (Å²) in [5.41, 5.74) is 0.590. The maximum atomic E-state index is 10.3. The highest BCUT2D eigenvalue weighted by Crippen LogP contribution is 2.18. The molecule has 1 unspecified atom stereocenters. The molecule has 1 rings (SSSR count). The van der Waals surface area contributed by atoms with Crippen molar-refractivity contribution in [2.75, 3.05) is 0 Å². The lowest BCUT2D eigenvalue weighted by molar-refractivity contribution is 0.564. The van der Waals surface area contributed by atoms with Crippen LogP contribution in [-0.4, -0.2) is 5.94 Å². The van der Waals surface area contributed by atoms with Gasteiger partial charge in [-0.15, -0.1) is 6.58 Å². The number of allylic oxidation sites excluding steroid dienone is 6. The fourth-order valence-corrected chi connectivity index (χ4v) is 1.01. The van der Waals surface area contributed by atoms with Crippen LogP contribution in [0.25, 0.3) is 0 Å². The predicted molar refractivity (Wildman–Crippen MR) is 44.5 cm³/mol. The van der Waals surface area contributed by atoms with Crippen LogP contribution in [-0.2, 0) is 4.79 Å². The Kier molecular flexibility index (Phi) is 2.65. The van der Waals surface area contributed by atoms with Gasteiger partial charge >= 0.3 is 0 Å². The van der Waals surface area contributed by atoms with Crippen molar-refractivity contribution in [1.29, 1.82) is 0 Å². The molecule has 0 heterocycles. The molecule has 0 aliphatic heterocycles. The predicted octanol–water partition coefficient (Wildman–Crippen LogP) is 1.87. The summed E-state index contributed by atoms with van der Waals surface area (Å²) in [6.45, 7) is 3.61. The average molecular weight is 145 g/mol. The van der Waals surface area contributed by atoms with Gasteiger partial charge in [0.15, 0.2) is 0 Å². The van der Waals surface area contributed by atoms with E-state index in [2.05, 4.69) is 12.7 Å². The molecule has 0 saturated heterocycles. The summed E-state index contributed by atoms with van der Waals surface area (Å²) >= 11 is 0. The Bertz CT molecular complexity index is 252. The van der Waals surface area contributed by atoms with E-state index in [-0.39, 0.29) is 5.92 Å². The molecule has 1 nitrogen and oxygen atoms in total. The van der Waals surface area contributed by atoms with Gasteiger partial charge in [0.1, 0.15) is 5.94 Å². The van der Waals surface area contributed by atoms with Gasteiger partial charge in [0.25, 0.3) is 0 Å². The Hall–Kier alpha value is -1.33. The Morgan fingerprint density at radius 3 is 3.27 bits per heavy atom. The van der Waals surface area contributed by atoms with Crippen molar-refractivity contribution in [2.45, 2.75) is 6.42 Å². The molecule has 1 heteroatoms. The van der Waals surface area contributed by atoms with Crippen LogP contribution < -0.4 is 0 Å². The lowest BCUT2D eigenvalue weighted by Crippen LogP contribution is -2.01. The minimum Gasteiger partial charge on any atom is -0.233 e. The standard InChI is InChI=1S/C10H9O/c1-2-5-9-6-3-4-7-10(9)8-11/h2-4,6,9H,1,5H2. The first-order valence-corrected chi connectivity index (χ1v) is 3.51. The van der Waals surface area contributed by atoms with Crippen molar-refractivity contribution in [2.24, 2.45) is 5.92 Å². The van der Waals surface area contributed by atoms with Crippen LogP contribution in [0.1, 0.15) is 6.42 Å². The van der Waals surface area contributed by atoms with Crippen molar-refractivity contribution in [3.05, 3.63) is 42.5 Å². The number of rotatable bonds is 2. The van der Waals surface area contributed by atoms with E-state index in [4.69, 9.17) is 0 Å². The number of hydrogen-bond donors (Lipinski definition) is 0. The van der Waals surface area contributed by atoms with Gasteiger partial charge in [-0.2, -0.15) is 0 Å². The molecule has 0 aromatic carbocycles. The molecule has 11 heavy (non-hydrogen) atoms. The number of carbonyl (C=O) groups excluding carboxylic acids is 1. The highest BCUT2D eigenvalue weighted by Gasteiger charge is 2.09. The fourth-order valence-electron chi connectivity index (χ4n) is 1.01. The maximum Gasteiger partial charge on any atom is 0.129 e. The monoisotopic (exact) mass is 145 g/mol. The second-order valence-corrected chi connectivity index (χ2v) is 2.34. The van der Waals surface area contributed by atoms with Crippen LogP contribution in [0.5, 0.6) is 0 Å². The summed E-state index contributed by atoms with van der Waals surface area (Å²) in [7, 11) is 0. The smallest absolute Gasteiger partial charge is 0.129 e. The maximum absolute atomic E-state index is 10.3. The summed E-state index contributed by atoms with van der Waals surface area (Å²) in [5.74, 6) is 2.00. The van der Waals surface area contributed by atoms with E-state index < -0.39 is 0 Å². The molecule has 0 aromatic heterocycles. The van der Waals surface area contributed by atoms with Gasteiger partial charge in [-0.3, -0.25) is 0 Å². The Morgan fingerprint density at radius 2 is 2.64 bits per heavy atom. The molecular weight excluding hydrogens is 136 g/mol. The van der Waals surface area contributed by atoms with Crippen molar-refractivity contribution in [1.82, 2.24) is 0 Å². The van der Waals surface area contributed by atoms with Crippen molar-refractivity contribution >= 4 is 5.94 Å². The lowest BCUT2D eigenvalue weighted by Gasteiger charge is -2.09. The van der Waals surface area contributed by atoms with E-state index in [1.54, 1.807) is 12.2 Å².